The van der Waals surface area contributed by atoms with Crippen LogP contribution in [0.5, 0.6) is 0 Å². The van der Waals surface area contributed by atoms with Crippen LogP contribution in [0, 0.1) is 0 Å². The fourth-order valence-electron chi connectivity index (χ4n) is 4.88. The minimum atomic E-state index is -0.740. The van der Waals surface area contributed by atoms with Gasteiger partial charge in [-0.1, -0.05) is 54.1 Å². The summed E-state index contributed by atoms with van der Waals surface area (Å²) in [6.07, 6.45) is 6.00. The molecule has 7 heteroatoms. The number of nitrogens with zero attached hydrogens (tertiary/aromatic N) is 3. The number of hydrogen-bond donors (Lipinski definition) is 1. The predicted molar refractivity (Wildman–Crippen MR) is 139 cm³/mol. The highest BCUT2D eigenvalue weighted by Crippen LogP contribution is 2.32. The van der Waals surface area contributed by atoms with Crippen molar-refractivity contribution in [2.75, 3.05) is 45.8 Å². The molecule has 0 radical (unpaired) electrons. The van der Waals surface area contributed by atoms with Gasteiger partial charge in [-0.3, -0.25) is 9.59 Å². The van der Waals surface area contributed by atoms with Crippen LogP contribution in [0.15, 0.2) is 60.7 Å². The molecule has 186 valence electrons. The molecular weight excluding hydrogens is 462 g/mol. The molecule has 6 nitrogen and oxygen atoms in total. The summed E-state index contributed by atoms with van der Waals surface area (Å²) in [5.41, 5.74) is 1.13. The van der Waals surface area contributed by atoms with E-state index in [0.29, 0.717) is 37.6 Å². The van der Waals surface area contributed by atoms with Crippen LogP contribution in [-0.2, 0) is 15.2 Å². The lowest BCUT2D eigenvalue weighted by Gasteiger charge is -2.38. The summed E-state index contributed by atoms with van der Waals surface area (Å²) in [6.45, 7) is 4.83. The molecule has 2 aromatic rings. The van der Waals surface area contributed by atoms with Crippen LogP contribution >= 0.6 is 11.6 Å². The van der Waals surface area contributed by atoms with E-state index in [1.54, 1.807) is 23.1 Å². The second-order valence-electron chi connectivity index (χ2n) is 9.44. The Morgan fingerprint density at radius 1 is 0.971 bits per heavy atom. The molecule has 0 aliphatic carbocycles. The van der Waals surface area contributed by atoms with Crippen molar-refractivity contribution in [3.63, 3.8) is 0 Å². The second-order valence-corrected chi connectivity index (χ2v) is 9.87. The van der Waals surface area contributed by atoms with Gasteiger partial charge >= 0.3 is 0 Å². The Labute approximate surface area is 212 Å². The molecule has 1 N–H and O–H groups in total. The van der Waals surface area contributed by atoms with Gasteiger partial charge in [-0.2, -0.15) is 0 Å². The van der Waals surface area contributed by atoms with Crippen LogP contribution in [-0.4, -0.2) is 77.4 Å². The highest BCUT2D eigenvalue weighted by molar-refractivity contribution is 6.30. The van der Waals surface area contributed by atoms with Crippen LogP contribution < -0.4 is 0 Å². The Morgan fingerprint density at radius 2 is 1.74 bits per heavy atom. The van der Waals surface area contributed by atoms with Crippen LogP contribution in [0.3, 0.4) is 0 Å². The Kier molecular flexibility index (Phi) is 8.60. The first-order valence-electron chi connectivity index (χ1n) is 12.4. The zero-order valence-corrected chi connectivity index (χ0v) is 20.9. The van der Waals surface area contributed by atoms with E-state index in [1.807, 2.05) is 53.4 Å². The van der Waals surface area contributed by atoms with E-state index in [4.69, 9.17) is 11.6 Å². The first-order chi connectivity index (χ1) is 16.9. The van der Waals surface area contributed by atoms with Crippen LogP contribution in [0.4, 0.5) is 0 Å². The van der Waals surface area contributed by atoms with Crippen molar-refractivity contribution in [3.05, 3.63) is 76.8 Å². The maximum atomic E-state index is 12.6. The standard InChI is InChI=1S/C28H34ClN3O3/c29-25-9-4-6-23(22-25)10-11-26(33)32-17-12-27(34)31(20-21-32)16-5-15-30-18-13-28(35,14-19-30)24-7-2-1-3-8-24/h1-4,6-11,22,35H,5,12-21H2. The van der Waals surface area contributed by atoms with Crippen LogP contribution in [0.25, 0.3) is 6.08 Å². The average molecular weight is 496 g/mol. The molecule has 2 aliphatic heterocycles. The van der Waals surface area contributed by atoms with Gasteiger partial charge in [0.15, 0.2) is 0 Å². The number of amides is 2. The molecule has 0 spiro atoms. The number of benzene rings is 2. The first kappa shape index (κ1) is 25.4. The van der Waals surface area contributed by atoms with Crippen molar-refractivity contribution in [2.45, 2.75) is 31.3 Å². The number of piperidine rings is 1. The van der Waals surface area contributed by atoms with Gasteiger partial charge in [0.05, 0.1) is 5.60 Å². The van der Waals surface area contributed by atoms with Crippen molar-refractivity contribution >= 4 is 29.5 Å². The Bertz CT molecular complexity index is 1030. The molecule has 35 heavy (non-hydrogen) atoms. The molecule has 2 amide bonds. The largest absolute Gasteiger partial charge is 0.385 e. The summed E-state index contributed by atoms with van der Waals surface area (Å²) in [7, 11) is 0. The smallest absolute Gasteiger partial charge is 0.246 e. The second kappa shape index (κ2) is 11.8. The lowest BCUT2D eigenvalue weighted by atomic mass is 9.84. The average Bonchev–Trinajstić information content (AvgIpc) is 3.06. The van der Waals surface area contributed by atoms with Crippen molar-refractivity contribution < 1.29 is 14.7 Å². The van der Waals surface area contributed by atoms with E-state index in [-0.39, 0.29) is 11.8 Å². The van der Waals surface area contributed by atoms with Gasteiger partial charge < -0.3 is 19.8 Å². The van der Waals surface area contributed by atoms with Crippen molar-refractivity contribution in [3.8, 4) is 0 Å². The molecule has 4 rings (SSSR count). The van der Waals surface area contributed by atoms with E-state index in [1.165, 1.54) is 0 Å². The SMILES string of the molecule is O=C(C=Cc1cccc(Cl)c1)N1CCC(=O)N(CCCN2CCC(O)(c3ccccc3)CC2)CC1. The quantitative estimate of drug-likeness (QED) is 0.594. The van der Waals surface area contributed by atoms with Gasteiger partial charge in [-0.25, -0.2) is 0 Å². The number of likely N-dealkylation sites (tertiary alicyclic amines) is 1. The minimum absolute atomic E-state index is 0.0844. The molecular formula is C28H34ClN3O3. The van der Waals surface area contributed by atoms with E-state index >= 15 is 0 Å². The number of carbonyl (C=O) groups is 2. The Hall–Kier alpha value is -2.67. The minimum Gasteiger partial charge on any atom is -0.385 e. The molecule has 2 aromatic carbocycles. The highest BCUT2D eigenvalue weighted by Gasteiger charge is 2.33. The fraction of sp³-hybridized carbons (Fsp3) is 0.429. The van der Waals surface area contributed by atoms with Gasteiger partial charge in [-0.05, 0) is 55.1 Å². The summed E-state index contributed by atoms with van der Waals surface area (Å²) in [5.74, 6) is 0.0232. The third-order valence-electron chi connectivity index (χ3n) is 7.06. The lowest BCUT2D eigenvalue weighted by Crippen LogP contribution is -2.43. The monoisotopic (exact) mass is 495 g/mol. The van der Waals surface area contributed by atoms with Gasteiger partial charge in [0.2, 0.25) is 11.8 Å². The molecule has 0 aromatic heterocycles. The van der Waals surface area contributed by atoms with Crippen molar-refractivity contribution in [2.24, 2.45) is 0 Å². The van der Waals surface area contributed by atoms with Crippen LogP contribution in [0.1, 0.15) is 36.8 Å². The number of rotatable bonds is 7. The summed E-state index contributed by atoms with van der Waals surface area (Å²) in [6, 6.07) is 17.3. The number of halogens is 1. The predicted octanol–water partition coefficient (Wildman–Crippen LogP) is 3.79. The Balaban J connectivity index is 1.20. The maximum Gasteiger partial charge on any atom is 0.246 e. The molecule has 0 bridgehead atoms. The van der Waals surface area contributed by atoms with Gasteiger partial charge in [0, 0.05) is 56.8 Å². The number of carbonyl (C=O) groups excluding carboxylic acids is 2. The van der Waals surface area contributed by atoms with E-state index < -0.39 is 5.60 Å². The van der Waals surface area contributed by atoms with Gasteiger partial charge in [0.25, 0.3) is 0 Å². The summed E-state index contributed by atoms with van der Waals surface area (Å²) in [5, 5.41) is 11.6. The molecule has 2 saturated heterocycles. The molecule has 0 atom stereocenters. The highest BCUT2D eigenvalue weighted by atomic mass is 35.5. The third-order valence-corrected chi connectivity index (χ3v) is 7.30. The normalized spacial score (nSPS) is 19.2. The molecule has 2 aliphatic rings. The number of hydrogen-bond acceptors (Lipinski definition) is 4. The number of aliphatic hydroxyl groups is 1. The Morgan fingerprint density at radius 3 is 2.49 bits per heavy atom. The van der Waals surface area contributed by atoms with Crippen molar-refractivity contribution in [1.29, 1.82) is 0 Å². The molecule has 2 heterocycles. The fourth-order valence-corrected chi connectivity index (χ4v) is 5.07. The zero-order valence-electron chi connectivity index (χ0n) is 20.1. The topological polar surface area (TPSA) is 64.1 Å². The third kappa shape index (κ3) is 6.94. The summed E-state index contributed by atoms with van der Waals surface area (Å²) in [4.78, 5) is 31.3. The van der Waals surface area contributed by atoms with E-state index in [0.717, 1.165) is 50.0 Å². The van der Waals surface area contributed by atoms with Gasteiger partial charge in [0.1, 0.15) is 0 Å². The van der Waals surface area contributed by atoms with E-state index in [2.05, 4.69) is 4.90 Å². The van der Waals surface area contributed by atoms with Crippen LogP contribution in [0.2, 0.25) is 5.02 Å². The van der Waals surface area contributed by atoms with E-state index in [9.17, 15) is 14.7 Å². The first-order valence-corrected chi connectivity index (χ1v) is 12.8. The van der Waals surface area contributed by atoms with Gasteiger partial charge in [-0.15, -0.1) is 0 Å². The summed E-state index contributed by atoms with van der Waals surface area (Å²) >= 11 is 6.01. The molecule has 0 unspecified atom stereocenters. The van der Waals surface area contributed by atoms with Crippen molar-refractivity contribution in [1.82, 2.24) is 14.7 Å². The molecule has 2 fully saturated rings. The summed E-state index contributed by atoms with van der Waals surface area (Å²) < 4.78 is 0. The lowest BCUT2D eigenvalue weighted by molar-refractivity contribution is -0.130. The molecule has 0 saturated carbocycles. The maximum absolute atomic E-state index is 12.6. The zero-order chi connectivity index (χ0) is 24.7.